The zero-order chi connectivity index (χ0) is 68.7. The topological polar surface area (TPSA) is 278 Å². The number of rotatable bonds is 16. The molecular formula is C75H81NO21. The molecule has 11 aliphatic rings. The lowest BCUT2D eigenvalue weighted by Crippen LogP contribution is -2.72. The van der Waals surface area contributed by atoms with Crippen molar-refractivity contribution < 1.29 is 101 Å². The Morgan fingerprint density at radius 3 is 2.21 bits per heavy atom. The molecular weight excluding hydrogens is 1250 g/mol. The number of allylic oxidation sites excluding steroid dienone is 5. The average Bonchev–Trinajstić information content (AvgIpc) is 1.53. The maximum atomic E-state index is 16.4. The van der Waals surface area contributed by atoms with Gasteiger partial charge in [-0.05, 0) is 172 Å². The molecule has 97 heavy (non-hydrogen) atoms. The number of Topliss-reactive ketones (excluding diaryl/α,β-unsaturated/α-hetero) is 2. The minimum atomic E-state index is -1.90. The lowest BCUT2D eigenvalue weighted by Gasteiger charge is -2.56. The van der Waals surface area contributed by atoms with Crippen molar-refractivity contribution in [3.05, 3.63) is 140 Å². The van der Waals surface area contributed by atoms with Crippen molar-refractivity contribution in [3.63, 3.8) is 0 Å². The number of aliphatic hydroxyl groups excluding tert-OH is 2. The summed E-state index contributed by atoms with van der Waals surface area (Å²) in [6, 6.07) is 12.0. The summed E-state index contributed by atoms with van der Waals surface area (Å²) in [6.07, 6.45) is 6.85. The van der Waals surface area contributed by atoms with Crippen LogP contribution in [0.1, 0.15) is 155 Å². The van der Waals surface area contributed by atoms with Crippen LogP contribution in [-0.4, -0.2) is 138 Å². The second-order valence-corrected chi connectivity index (χ2v) is 28.6. The number of benzene rings is 4. The number of carbonyl (C=O) groups excluding carboxylic acids is 5. The summed E-state index contributed by atoms with van der Waals surface area (Å²) in [5.41, 5.74) is -0.563. The molecule has 4 aliphatic carbocycles. The largest absolute Gasteiger partial charge is 0.502 e. The molecule has 22 nitrogen and oxygen atoms in total. The van der Waals surface area contributed by atoms with Crippen LogP contribution in [0.3, 0.4) is 0 Å². The van der Waals surface area contributed by atoms with E-state index in [0.29, 0.717) is 57.9 Å². The molecule has 4 saturated heterocycles. The van der Waals surface area contributed by atoms with E-state index in [1.165, 1.54) is 38.5 Å². The van der Waals surface area contributed by atoms with Crippen LogP contribution in [0.5, 0.6) is 51.7 Å². The number of phenolic OH excluding ortho intramolecular Hbond substituents is 1. The van der Waals surface area contributed by atoms with Gasteiger partial charge in [0.25, 0.3) is 0 Å². The highest BCUT2D eigenvalue weighted by atomic mass is 16.8. The number of methoxy groups -OCH3 is 2. The van der Waals surface area contributed by atoms with E-state index in [-0.39, 0.29) is 102 Å². The molecule has 15 rings (SSSR count). The van der Waals surface area contributed by atoms with Gasteiger partial charge in [-0.15, -0.1) is 0 Å². The second kappa shape index (κ2) is 23.9. The van der Waals surface area contributed by atoms with Gasteiger partial charge in [-0.3, -0.25) is 19.2 Å². The zero-order valence-electron chi connectivity index (χ0n) is 56.3. The Morgan fingerprint density at radius 2 is 1.52 bits per heavy atom. The highest BCUT2D eigenvalue weighted by Gasteiger charge is 2.81. The molecule has 22 heteroatoms. The first-order chi connectivity index (χ1) is 46.1. The van der Waals surface area contributed by atoms with Gasteiger partial charge in [0.1, 0.15) is 52.8 Å². The maximum absolute atomic E-state index is 16.4. The van der Waals surface area contributed by atoms with Gasteiger partial charge in [0, 0.05) is 46.8 Å². The molecule has 7 aliphatic heterocycles. The van der Waals surface area contributed by atoms with Crippen molar-refractivity contribution in [2.45, 2.75) is 172 Å². The van der Waals surface area contributed by atoms with Crippen molar-refractivity contribution in [1.29, 1.82) is 0 Å². The van der Waals surface area contributed by atoms with E-state index >= 15 is 14.4 Å². The van der Waals surface area contributed by atoms with Crippen LogP contribution in [0, 0.1) is 23.7 Å². The Hall–Kier alpha value is -8.51. The van der Waals surface area contributed by atoms with Gasteiger partial charge in [0.15, 0.2) is 57.3 Å². The van der Waals surface area contributed by atoms with Gasteiger partial charge in [-0.1, -0.05) is 35.5 Å². The van der Waals surface area contributed by atoms with Crippen LogP contribution in [0.25, 0.3) is 6.08 Å². The Morgan fingerprint density at radius 1 is 0.814 bits per heavy atom. The fourth-order valence-corrected chi connectivity index (χ4v) is 16.2. The summed E-state index contributed by atoms with van der Waals surface area (Å²) in [5.74, 6) is -5.91. The first kappa shape index (κ1) is 65.8. The molecule has 0 aromatic heterocycles. The lowest BCUT2D eigenvalue weighted by atomic mass is 9.51. The monoisotopic (exact) mass is 1330 g/mol. The number of ether oxygens (including phenoxy) is 13. The van der Waals surface area contributed by atoms with Crippen molar-refractivity contribution >= 4 is 35.5 Å². The SMILES string of the molecule is COc1cc(C2c3cc4c(cc3C(NC(=O)C(C)=CCC35OC(C)(C)C6CC(C=C7C(=O)c8c(OC(=O)c9ccc(O[C@@H]%10O[C@@H]%11COC(C)(C)O[C@H]%11[C@@H](O)[C@H]%10O)cc9)c9c(c(CC=C(C)C)c8OC763)OC(C)(CCC=C(C)C)C=C9)C5=O)C3COC(=O)C23)OCO4)cc(OC)c1O. The highest BCUT2D eigenvalue weighted by Crippen LogP contribution is 2.69. The summed E-state index contributed by atoms with van der Waals surface area (Å²) in [7, 11) is 2.83. The quantitative estimate of drug-likeness (QED) is 0.0351. The molecule has 5 fully saturated rings. The fourth-order valence-electron chi connectivity index (χ4n) is 16.2. The molecule has 7 heterocycles. The van der Waals surface area contributed by atoms with E-state index in [1.54, 1.807) is 57.2 Å². The first-order valence-electron chi connectivity index (χ1n) is 33.0. The predicted molar refractivity (Wildman–Crippen MR) is 347 cm³/mol. The number of carbonyl (C=O) groups is 5. The van der Waals surface area contributed by atoms with Crippen molar-refractivity contribution in [2.75, 3.05) is 34.2 Å². The van der Waals surface area contributed by atoms with E-state index in [0.717, 1.165) is 11.1 Å². The Kier molecular flexibility index (Phi) is 16.2. The lowest BCUT2D eigenvalue weighted by molar-refractivity contribution is -0.373. The molecule has 4 aromatic rings. The standard InChI is InChI=1S/C75H81NO21/c1-35(2)14-13-23-73(10)24-22-43-62(95-73)42(20-15-36(3)4)64-56(63(43)93-68(83)38-16-18-41(19-17-38)91-70-61(80)60(79)65-52(92-70)33-90-72(8,9)94-65)58(77)47-26-40-29-53-71(6,7)97-74(66(40)81,75(47,53)96-64)25-21-37(5)67(82)76-57-45-31-49-48(88-34-89-49)30-44(45)54(55-46(57)32-87-69(55)84)39-27-50(85-11)59(78)51(28-39)86-12/h14-19,21-22,24,26-28,30-31,40,46,52-55,57,60-61,65,70,78-80H,13,20,23,25,29,32-34H2,1-12H3,(H,76,82)/t40?,46?,52-,53?,54?,55?,57?,60+,61-,65-,70-,73?,74?,75?/m1/s1. The molecule has 512 valence electrons. The second-order valence-electron chi connectivity index (χ2n) is 28.6. The summed E-state index contributed by atoms with van der Waals surface area (Å²) < 4.78 is 81.1. The summed E-state index contributed by atoms with van der Waals surface area (Å²) in [4.78, 5) is 76.2. The van der Waals surface area contributed by atoms with Gasteiger partial charge < -0.3 is 82.2 Å². The van der Waals surface area contributed by atoms with Crippen LogP contribution in [0.4, 0.5) is 0 Å². The maximum Gasteiger partial charge on any atom is 0.343 e. The third-order valence-corrected chi connectivity index (χ3v) is 21.0. The van der Waals surface area contributed by atoms with Gasteiger partial charge in [0.05, 0.1) is 56.1 Å². The van der Waals surface area contributed by atoms with Crippen molar-refractivity contribution in [3.8, 4) is 51.7 Å². The smallest absolute Gasteiger partial charge is 0.343 e. The number of hydrogen-bond donors (Lipinski definition) is 4. The summed E-state index contributed by atoms with van der Waals surface area (Å²) in [5, 5.41) is 36.4. The number of fused-ring (bicyclic) bond motifs is 6. The van der Waals surface area contributed by atoms with E-state index in [9.17, 15) is 24.9 Å². The third-order valence-electron chi connectivity index (χ3n) is 21.0. The molecule has 4 N–H and O–H groups in total. The predicted octanol–water partition coefficient (Wildman–Crippen LogP) is 9.89. The van der Waals surface area contributed by atoms with Gasteiger partial charge >= 0.3 is 11.9 Å². The molecule has 4 bridgehead atoms. The first-order valence-corrected chi connectivity index (χ1v) is 33.0. The number of aliphatic hydroxyl groups is 2. The van der Waals surface area contributed by atoms with Gasteiger partial charge in [-0.25, -0.2) is 4.79 Å². The Balaban J connectivity index is 0.824. The third kappa shape index (κ3) is 10.7. The summed E-state index contributed by atoms with van der Waals surface area (Å²) in [6.45, 7) is 18.7. The number of phenols is 1. The molecule has 1 spiro atoms. The van der Waals surface area contributed by atoms with E-state index in [4.69, 9.17) is 61.6 Å². The molecule has 1 amide bonds. The normalized spacial score (nSPS) is 31.5. The average molecular weight is 1330 g/mol. The van der Waals surface area contributed by atoms with E-state index in [2.05, 4.69) is 11.4 Å². The molecule has 9 unspecified atom stereocenters. The van der Waals surface area contributed by atoms with E-state index < -0.39 is 118 Å². The van der Waals surface area contributed by atoms with Crippen LogP contribution in [-0.2, 0) is 44.5 Å². The van der Waals surface area contributed by atoms with Crippen LogP contribution in [0.15, 0.2) is 101 Å². The van der Waals surface area contributed by atoms with Crippen LogP contribution >= 0.6 is 0 Å². The number of ketones is 2. The minimum absolute atomic E-state index is 0.0376. The number of cyclic esters (lactones) is 1. The zero-order valence-corrected chi connectivity index (χ0v) is 56.3. The van der Waals surface area contributed by atoms with Gasteiger partial charge in [-0.2, -0.15) is 0 Å². The summed E-state index contributed by atoms with van der Waals surface area (Å²) >= 11 is 0. The minimum Gasteiger partial charge on any atom is -0.502 e. The van der Waals surface area contributed by atoms with E-state index in [1.807, 2.05) is 66.7 Å². The fraction of sp³-hybridized carbons (Fsp3) is 0.480. The van der Waals surface area contributed by atoms with Crippen molar-refractivity contribution in [2.24, 2.45) is 23.7 Å². The Bertz CT molecular complexity index is 4120. The number of amides is 1. The van der Waals surface area contributed by atoms with Crippen LogP contribution < -0.4 is 43.2 Å². The number of esters is 2. The van der Waals surface area contributed by atoms with Gasteiger partial charge in [0.2, 0.25) is 24.7 Å². The molecule has 0 radical (unpaired) electrons. The molecule has 14 atom stereocenters. The number of aromatic hydroxyl groups is 1. The van der Waals surface area contributed by atoms with Crippen molar-refractivity contribution in [1.82, 2.24) is 5.32 Å². The van der Waals surface area contributed by atoms with Crippen LogP contribution in [0.2, 0.25) is 0 Å². The Labute approximate surface area is 561 Å². The number of nitrogens with one attached hydrogen (secondary N) is 1. The molecule has 1 saturated carbocycles. The number of hydrogen-bond acceptors (Lipinski definition) is 21. The molecule has 4 aromatic carbocycles. The highest BCUT2D eigenvalue weighted by molar-refractivity contribution is 6.19.